The van der Waals surface area contributed by atoms with E-state index in [-0.39, 0.29) is 11.6 Å². The molecule has 3 aromatic rings. The van der Waals surface area contributed by atoms with Crippen LogP contribution in [-0.4, -0.2) is 21.6 Å². The number of nitrogens with one attached hydrogen (secondary N) is 1. The van der Waals surface area contributed by atoms with Gasteiger partial charge in [0.2, 0.25) is 5.69 Å². The summed E-state index contributed by atoms with van der Waals surface area (Å²) in [6, 6.07) is 9.64. The van der Waals surface area contributed by atoms with E-state index in [9.17, 15) is 5.26 Å². The summed E-state index contributed by atoms with van der Waals surface area (Å²) in [6.45, 7) is 0.569. The standard InChI is InChI=1S/C21H20ClN5O/c22-17-8-4-7-15-9-19(25-11-16(15)17)26-20-12-24-18(10-23)21(27-20)28-13-14-5-2-1-3-6-14/h4,7-9,11-12,14H,1-3,5-6,13H2,(H,25,26,27). The van der Waals surface area contributed by atoms with Gasteiger partial charge < -0.3 is 10.1 Å². The van der Waals surface area contributed by atoms with E-state index < -0.39 is 0 Å². The number of benzene rings is 1. The Balaban J connectivity index is 1.52. The molecule has 0 aliphatic heterocycles. The summed E-state index contributed by atoms with van der Waals surface area (Å²) >= 11 is 6.19. The molecular formula is C21H20ClN5O. The summed E-state index contributed by atoms with van der Waals surface area (Å²) in [6.07, 6.45) is 9.33. The van der Waals surface area contributed by atoms with Crippen LogP contribution in [0.25, 0.3) is 10.8 Å². The van der Waals surface area contributed by atoms with Gasteiger partial charge in [-0.25, -0.2) is 9.97 Å². The number of nitrogens with zero attached hydrogens (tertiary/aromatic N) is 4. The van der Waals surface area contributed by atoms with E-state index in [1.54, 1.807) is 6.20 Å². The van der Waals surface area contributed by atoms with E-state index in [0.29, 0.717) is 29.2 Å². The molecule has 1 saturated carbocycles. The predicted molar refractivity (Wildman–Crippen MR) is 109 cm³/mol. The second-order valence-corrected chi connectivity index (χ2v) is 7.40. The lowest BCUT2D eigenvalue weighted by Crippen LogP contribution is -2.16. The lowest BCUT2D eigenvalue weighted by atomic mass is 9.90. The molecule has 1 fully saturated rings. The van der Waals surface area contributed by atoms with Gasteiger partial charge in [0.1, 0.15) is 11.9 Å². The zero-order valence-corrected chi connectivity index (χ0v) is 16.1. The Morgan fingerprint density at radius 2 is 2.00 bits per heavy atom. The molecule has 0 unspecified atom stereocenters. The number of hydrogen-bond acceptors (Lipinski definition) is 6. The maximum Gasteiger partial charge on any atom is 0.253 e. The third-order valence-corrected chi connectivity index (χ3v) is 5.32. The van der Waals surface area contributed by atoms with Crippen molar-refractivity contribution in [2.24, 2.45) is 5.92 Å². The molecule has 0 saturated heterocycles. The molecule has 2 heterocycles. The third-order valence-electron chi connectivity index (χ3n) is 4.99. The monoisotopic (exact) mass is 393 g/mol. The highest BCUT2D eigenvalue weighted by atomic mass is 35.5. The van der Waals surface area contributed by atoms with E-state index in [4.69, 9.17) is 16.3 Å². The summed E-state index contributed by atoms with van der Waals surface area (Å²) in [5.41, 5.74) is 0.194. The lowest BCUT2D eigenvalue weighted by molar-refractivity contribution is 0.202. The molecule has 28 heavy (non-hydrogen) atoms. The molecule has 142 valence electrons. The predicted octanol–water partition coefficient (Wildman–Crippen LogP) is 5.25. The zero-order valence-electron chi connectivity index (χ0n) is 15.4. The van der Waals surface area contributed by atoms with Gasteiger partial charge in [-0.2, -0.15) is 10.2 Å². The van der Waals surface area contributed by atoms with E-state index in [2.05, 4.69) is 20.3 Å². The van der Waals surface area contributed by atoms with Crippen LogP contribution in [0.15, 0.2) is 36.7 Å². The van der Waals surface area contributed by atoms with Gasteiger partial charge in [-0.15, -0.1) is 0 Å². The number of fused-ring (bicyclic) bond motifs is 1. The smallest absolute Gasteiger partial charge is 0.253 e. The number of rotatable bonds is 5. The van der Waals surface area contributed by atoms with Crippen molar-refractivity contribution in [3.63, 3.8) is 0 Å². The minimum absolute atomic E-state index is 0.194. The molecule has 6 nitrogen and oxygen atoms in total. The van der Waals surface area contributed by atoms with Crippen molar-refractivity contribution < 1.29 is 4.74 Å². The second kappa shape index (κ2) is 8.41. The highest BCUT2D eigenvalue weighted by Gasteiger charge is 2.16. The molecule has 7 heteroatoms. The van der Waals surface area contributed by atoms with Crippen LogP contribution in [0, 0.1) is 17.2 Å². The molecule has 2 aromatic heterocycles. The number of aromatic nitrogens is 3. The van der Waals surface area contributed by atoms with Crippen molar-refractivity contribution in [2.45, 2.75) is 32.1 Å². The highest BCUT2D eigenvalue weighted by molar-refractivity contribution is 6.35. The van der Waals surface area contributed by atoms with Gasteiger partial charge in [-0.1, -0.05) is 43.0 Å². The first-order valence-corrected chi connectivity index (χ1v) is 9.82. The van der Waals surface area contributed by atoms with Crippen LogP contribution >= 0.6 is 11.6 Å². The maximum absolute atomic E-state index is 9.30. The summed E-state index contributed by atoms with van der Waals surface area (Å²) < 4.78 is 5.86. The number of ether oxygens (including phenoxy) is 1. The summed E-state index contributed by atoms with van der Waals surface area (Å²) in [7, 11) is 0. The van der Waals surface area contributed by atoms with Crippen molar-refractivity contribution in [1.29, 1.82) is 5.26 Å². The Morgan fingerprint density at radius 3 is 2.82 bits per heavy atom. The Hall–Kier alpha value is -2.91. The SMILES string of the molecule is N#Cc1ncc(Nc2cc3cccc(Cl)c3cn2)nc1OCC1CCCCC1. The van der Waals surface area contributed by atoms with Gasteiger partial charge in [-0.05, 0) is 36.3 Å². The van der Waals surface area contributed by atoms with Crippen molar-refractivity contribution in [1.82, 2.24) is 15.0 Å². The van der Waals surface area contributed by atoms with Crippen LogP contribution in [-0.2, 0) is 0 Å². The van der Waals surface area contributed by atoms with Gasteiger partial charge >= 0.3 is 0 Å². The van der Waals surface area contributed by atoms with Crippen molar-refractivity contribution >= 4 is 34.0 Å². The molecule has 0 amide bonds. The van der Waals surface area contributed by atoms with E-state index in [0.717, 1.165) is 23.6 Å². The molecule has 1 aromatic carbocycles. The van der Waals surface area contributed by atoms with Crippen LogP contribution in [0.2, 0.25) is 5.02 Å². The van der Waals surface area contributed by atoms with Crippen LogP contribution in [0.5, 0.6) is 5.88 Å². The molecule has 0 bridgehead atoms. The topological polar surface area (TPSA) is 83.7 Å². The van der Waals surface area contributed by atoms with Gasteiger partial charge in [-0.3, -0.25) is 0 Å². The minimum Gasteiger partial charge on any atom is -0.475 e. The molecule has 1 N–H and O–H groups in total. The average Bonchev–Trinajstić information content (AvgIpc) is 2.73. The fourth-order valence-electron chi connectivity index (χ4n) is 3.49. The average molecular weight is 394 g/mol. The Bertz CT molecular complexity index is 1030. The minimum atomic E-state index is 0.194. The van der Waals surface area contributed by atoms with Gasteiger partial charge in [0.15, 0.2) is 5.82 Å². The number of anilines is 2. The summed E-state index contributed by atoms with van der Waals surface area (Å²) in [5, 5.41) is 14.9. The second-order valence-electron chi connectivity index (χ2n) is 6.99. The van der Waals surface area contributed by atoms with Crippen molar-refractivity contribution in [2.75, 3.05) is 11.9 Å². The molecule has 0 atom stereocenters. The molecular weight excluding hydrogens is 374 g/mol. The maximum atomic E-state index is 9.30. The molecule has 0 spiro atoms. The van der Waals surface area contributed by atoms with E-state index in [1.165, 1.54) is 25.5 Å². The zero-order chi connectivity index (χ0) is 19.3. The first-order valence-electron chi connectivity index (χ1n) is 9.44. The summed E-state index contributed by atoms with van der Waals surface area (Å²) in [4.78, 5) is 13.0. The van der Waals surface area contributed by atoms with Gasteiger partial charge in [0, 0.05) is 16.6 Å². The number of pyridine rings is 1. The Kier molecular flexibility index (Phi) is 5.54. The van der Waals surface area contributed by atoms with Crippen LogP contribution in [0.4, 0.5) is 11.6 Å². The molecule has 4 rings (SSSR count). The van der Waals surface area contributed by atoms with Crippen LogP contribution in [0.3, 0.4) is 0 Å². The number of hydrogen-bond donors (Lipinski definition) is 1. The van der Waals surface area contributed by atoms with Crippen LogP contribution in [0.1, 0.15) is 37.8 Å². The lowest BCUT2D eigenvalue weighted by Gasteiger charge is -2.21. The molecule has 0 radical (unpaired) electrons. The third kappa shape index (κ3) is 4.15. The molecule has 1 aliphatic carbocycles. The highest BCUT2D eigenvalue weighted by Crippen LogP contribution is 2.27. The van der Waals surface area contributed by atoms with Gasteiger partial charge in [0.25, 0.3) is 5.88 Å². The Labute approximate surface area is 168 Å². The quantitative estimate of drug-likeness (QED) is 0.637. The van der Waals surface area contributed by atoms with Crippen molar-refractivity contribution in [3.05, 3.63) is 47.4 Å². The summed E-state index contributed by atoms with van der Waals surface area (Å²) in [5.74, 6) is 1.88. The van der Waals surface area contributed by atoms with Gasteiger partial charge in [0.05, 0.1) is 12.8 Å². The fraction of sp³-hybridized carbons (Fsp3) is 0.333. The Morgan fingerprint density at radius 1 is 1.14 bits per heavy atom. The van der Waals surface area contributed by atoms with Crippen molar-refractivity contribution in [3.8, 4) is 11.9 Å². The first-order chi connectivity index (χ1) is 13.7. The van der Waals surface area contributed by atoms with E-state index in [1.807, 2.05) is 30.3 Å². The number of halogens is 1. The fourth-order valence-corrected chi connectivity index (χ4v) is 3.72. The number of nitriles is 1. The normalized spacial score (nSPS) is 14.6. The van der Waals surface area contributed by atoms with E-state index >= 15 is 0 Å². The molecule has 1 aliphatic rings. The van der Waals surface area contributed by atoms with Crippen LogP contribution < -0.4 is 10.1 Å². The largest absolute Gasteiger partial charge is 0.475 e. The first kappa shape index (κ1) is 18.5.